The number of hydrogen-bond donors (Lipinski definition) is 1. The van der Waals surface area contributed by atoms with E-state index < -0.39 is 18.9 Å². The van der Waals surface area contributed by atoms with E-state index in [9.17, 15) is 13.6 Å². The van der Waals surface area contributed by atoms with Crippen LogP contribution in [0.25, 0.3) is 11.0 Å². The summed E-state index contributed by atoms with van der Waals surface area (Å²) in [4.78, 5) is 19.7. The fourth-order valence-corrected chi connectivity index (χ4v) is 1.58. The molecule has 0 aliphatic carbocycles. The molecule has 1 aromatic heterocycles. The van der Waals surface area contributed by atoms with Crippen molar-refractivity contribution in [1.29, 1.82) is 0 Å². The van der Waals surface area contributed by atoms with E-state index in [1.54, 1.807) is 18.2 Å². The molecule has 1 amide bonds. The Kier molecular flexibility index (Phi) is 3.03. The summed E-state index contributed by atoms with van der Waals surface area (Å²) in [6, 6.07) is 4.86. The van der Waals surface area contributed by atoms with Gasteiger partial charge in [-0.25, -0.2) is 13.8 Å². The van der Waals surface area contributed by atoms with E-state index in [0.29, 0.717) is 11.1 Å². The number of carbonyl (C=O) groups is 1. The maximum Gasteiger partial charge on any atom is 0.255 e. The third kappa shape index (κ3) is 2.41. The molecular weight excluding hydrogens is 228 g/mol. The van der Waals surface area contributed by atoms with Crippen molar-refractivity contribution < 1.29 is 13.6 Å². The molecule has 0 atom stereocenters. The van der Waals surface area contributed by atoms with Gasteiger partial charge in [0.2, 0.25) is 0 Å². The first kappa shape index (κ1) is 11.5. The first-order valence-electron chi connectivity index (χ1n) is 5.04. The van der Waals surface area contributed by atoms with Crippen LogP contribution in [0.1, 0.15) is 10.4 Å². The first-order valence-corrected chi connectivity index (χ1v) is 5.04. The van der Waals surface area contributed by atoms with Crippen LogP contribution in [0, 0.1) is 0 Å². The summed E-state index contributed by atoms with van der Waals surface area (Å²) in [5, 5.41) is 0. The smallest absolute Gasteiger partial charge is 0.255 e. The van der Waals surface area contributed by atoms with Crippen LogP contribution >= 0.6 is 0 Å². The molecule has 1 aromatic carbocycles. The highest BCUT2D eigenvalue weighted by Gasteiger charge is 2.16. The summed E-state index contributed by atoms with van der Waals surface area (Å²) in [6.45, 7) is -0.570. The van der Waals surface area contributed by atoms with Crippen molar-refractivity contribution in [3.63, 3.8) is 0 Å². The molecule has 1 heterocycles. The number of carbonyl (C=O) groups excluding carboxylic acids is 1. The van der Waals surface area contributed by atoms with Gasteiger partial charge in [-0.2, -0.15) is 0 Å². The number of H-pyrrole nitrogens is 1. The fraction of sp³-hybridized carbons (Fsp3) is 0.273. The second kappa shape index (κ2) is 4.48. The van der Waals surface area contributed by atoms with Gasteiger partial charge in [0.25, 0.3) is 12.3 Å². The van der Waals surface area contributed by atoms with Crippen LogP contribution in [-0.4, -0.2) is 40.8 Å². The van der Waals surface area contributed by atoms with Crippen molar-refractivity contribution in [2.45, 2.75) is 6.43 Å². The number of aromatic amines is 1. The van der Waals surface area contributed by atoms with E-state index >= 15 is 0 Å². The van der Waals surface area contributed by atoms with E-state index in [1.807, 2.05) is 0 Å². The van der Waals surface area contributed by atoms with Gasteiger partial charge in [-0.05, 0) is 18.2 Å². The zero-order valence-electron chi connectivity index (χ0n) is 9.15. The van der Waals surface area contributed by atoms with Crippen molar-refractivity contribution in [2.24, 2.45) is 0 Å². The minimum atomic E-state index is -2.53. The Bertz CT molecular complexity index is 538. The molecule has 0 saturated carbocycles. The largest absolute Gasteiger partial charge is 0.345 e. The summed E-state index contributed by atoms with van der Waals surface area (Å²) in [6.07, 6.45) is -1.01. The predicted molar refractivity (Wildman–Crippen MR) is 59.1 cm³/mol. The van der Waals surface area contributed by atoms with Gasteiger partial charge in [-0.15, -0.1) is 0 Å². The van der Waals surface area contributed by atoms with Crippen molar-refractivity contribution in [1.82, 2.24) is 14.9 Å². The predicted octanol–water partition coefficient (Wildman–Crippen LogP) is 1.90. The van der Waals surface area contributed by atoms with Crippen molar-refractivity contribution in [3.8, 4) is 0 Å². The Morgan fingerprint density at radius 1 is 1.53 bits per heavy atom. The monoisotopic (exact) mass is 239 g/mol. The van der Waals surface area contributed by atoms with Gasteiger partial charge < -0.3 is 9.88 Å². The maximum atomic E-state index is 12.2. The fourth-order valence-electron chi connectivity index (χ4n) is 1.58. The lowest BCUT2D eigenvalue weighted by Crippen LogP contribution is -2.31. The molecule has 0 aliphatic heterocycles. The lowest BCUT2D eigenvalue weighted by Gasteiger charge is -2.16. The molecular formula is C11H11F2N3O. The number of halogens is 2. The van der Waals surface area contributed by atoms with E-state index in [1.165, 1.54) is 13.4 Å². The van der Waals surface area contributed by atoms with Crippen LogP contribution in [0.2, 0.25) is 0 Å². The number of benzene rings is 1. The molecule has 2 rings (SSSR count). The summed E-state index contributed by atoms with van der Waals surface area (Å²) in [7, 11) is 1.35. The highest BCUT2D eigenvalue weighted by atomic mass is 19.3. The number of rotatable bonds is 3. The summed E-state index contributed by atoms with van der Waals surface area (Å²) < 4.78 is 24.3. The molecule has 17 heavy (non-hydrogen) atoms. The second-order valence-electron chi connectivity index (χ2n) is 3.71. The molecule has 0 radical (unpaired) electrons. The van der Waals surface area contributed by atoms with Gasteiger partial charge in [-0.3, -0.25) is 4.79 Å². The van der Waals surface area contributed by atoms with Crippen LogP contribution < -0.4 is 0 Å². The Morgan fingerprint density at radius 2 is 2.29 bits per heavy atom. The molecule has 90 valence electrons. The van der Waals surface area contributed by atoms with Gasteiger partial charge in [0.05, 0.1) is 23.9 Å². The Hall–Kier alpha value is -1.98. The van der Waals surface area contributed by atoms with Gasteiger partial charge in [0, 0.05) is 12.6 Å². The average molecular weight is 239 g/mol. The second-order valence-corrected chi connectivity index (χ2v) is 3.71. The molecule has 1 N–H and O–H groups in total. The van der Waals surface area contributed by atoms with Crippen LogP contribution in [0.3, 0.4) is 0 Å². The number of alkyl halides is 2. The van der Waals surface area contributed by atoms with Crippen LogP contribution in [0.15, 0.2) is 24.5 Å². The standard InChI is InChI=1S/C11H11F2N3O/c1-16(5-10(12)13)11(17)7-2-3-8-9(4-7)15-6-14-8/h2-4,6,10H,5H2,1H3,(H,14,15). The van der Waals surface area contributed by atoms with Crippen LogP contribution in [0.5, 0.6) is 0 Å². The minimum absolute atomic E-state index is 0.366. The van der Waals surface area contributed by atoms with E-state index in [-0.39, 0.29) is 0 Å². The quantitative estimate of drug-likeness (QED) is 0.889. The third-order valence-corrected chi connectivity index (χ3v) is 2.43. The van der Waals surface area contributed by atoms with E-state index in [0.717, 1.165) is 10.4 Å². The third-order valence-electron chi connectivity index (χ3n) is 2.43. The molecule has 4 nitrogen and oxygen atoms in total. The Balaban J connectivity index is 2.23. The number of nitrogens with one attached hydrogen (secondary N) is 1. The zero-order valence-corrected chi connectivity index (χ0v) is 9.15. The summed E-state index contributed by atoms with van der Waals surface area (Å²) in [5.74, 6) is -0.429. The Labute approximate surface area is 96.3 Å². The van der Waals surface area contributed by atoms with Crippen molar-refractivity contribution >= 4 is 16.9 Å². The molecule has 6 heteroatoms. The lowest BCUT2D eigenvalue weighted by molar-refractivity contribution is 0.0620. The van der Waals surface area contributed by atoms with Gasteiger partial charge >= 0.3 is 0 Å². The number of amides is 1. The molecule has 0 unspecified atom stereocenters. The van der Waals surface area contributed by atoms with Gasteiger partial charge in [0.1, 0.15) is 0 Å². The number of fused-ring (bicyclic) bond motifs is 1. The normalized spacial score (nSPS) is 11.1. The number of aromatic nitrogens is 2. The molecule has 0 saturated heterocycles. The minimum Gasteiger partial charge on any atom is -0.345 e. The van der Waals surface area contributed by atoms with E-state index in [2.05, 4.69) is 9.97 Å². The van der Waals surface area contributed by atoms with Crippen molar-refractivity contribution in [3.05, 3.63) is 30.1 Å². The topological polar surface area (TPSA) is 49.0 Å². The SMILES string of the molecule is CN(CC(F)F)C(=O)c1ccc2nc[nH]c2c1. The summed E-state index contributed by atoms with van der Waals surface area (Å²) >= 11 is 0. The van der Waals surface area contributed by atoms with Crippen LogP contribution in [0.4, 0.5) is 8.78 Å². The first-order chi connectivity index (χ1) is 8.08. The molecule has 2 aromatic rings. The summed E-state index contributed by atoms with van der Waals surface area (Å²) in [5.41, 5.74) is 1.81. The van der Waals surface area contributed by atoms with Crippen LogP contribution in [-0.2, 0) is 0 Å². The zero-order chi connectivity index (χ0) is 12.4. The Morgan fingerprint density at radius 3 is 3.00 bits per heavy atom. The number of nitrogens with zero attached hydrogens (tertiary/aromatic N) is 2. The molecule has 0 spiro atoms. The average Bonchev–Trinajstić information content (AvgIpc) is 2.73. The molecule has 0 aliphatic rings. The van der Waals surface area contributed by atoms with Gasteiger partial charge in [0.15, 0.2) is 0 Å². The highest BCUT2D eigenvalue weighted by molar-refractivity contribution is 5.97. The molecule has 0 fully saturated rings. The number of hydrogen-bond acceptors (Lipinski definition) is 2. The molecule has 0 bridgehead atoms. The van der Waals surface area contributed by atoms with Crippen molar-refractivity contribution in [2.75, 3.05) is 13.6 Å². The highest BCUT2D eigenvalue weighted by Crippen LogP contribution is 2.13. The number of imidazole rings is 1. The lowest BCUT2D eigenvalue weighted by atomic mass is 10.2. The van der Waals surface area contributed by atoms with E-state index in [4.69, 9.17) is 0 Å². The van der Waals surface area contributed by atoms with Gasteiger partial charge in [-0.1, -0.05) is 0 Å². The maximum absolute atomic E-state index is 12.2.